The van der Waals surface area contributed by atoms with Crippen LogP contribution in [0, 0.1) is 22.0 Å². The molecule has 2 aromatic rings. The summed E-state index contributed by atoms with van der Waals surface area (Å²) < 4.78 is 0. The van der Waals surface area contributed by atoms with Gasteiger partial charge in [-0.25, -0.2) is 5.01 Å². The third kappa shape index (κ3) is 3.79. The van der Waals surface area contributed by atoms with E-state index >= 15 is 0 Å². The Kier molecular flexibility index (Phi) is 5.73. The number of para-hydroxylation sites is 1. The van der Waals surface area contributed by atoms with E-state index in [4.69, 9.17) is 11.6 Å². The Morgan fingerprint density at radius 1 is 1.03 bits per heavy atom. The number of hydrogen-bond acceptors (Lipinski definition) is 5. The number of fused-ring (bicyclic) bond motifs is 1. The average Bonchev–Trinajstić information content (AvgIpc) is 3.03. The fourth-order valence-electron chi connectivity index (χ4n) is 4.36. The SMILES string of the molecule is O=C(c1ccccc1[N+](=O)[O-])N(Cc1ccccc1Cl)N1C(=O)[C@H]2CCCC[C@H]2C1=O. The molecular weight excluding hydrogens is 422 g/mol. The van der Waals surface area contributed by atoms with Gasteiger partial charge in [-0.15, -0.1) is 0 Å². The first kappa shape index (κ1) is 21.0. The van der Waals surface area contributed by atoms with Gasteiger partial charge in [0, 0.05) is 11.1 Å². The van der Waals surface area contributed by atoms with Crippen LogP contribution in [0.5, 0.6) is 0 Å². The van der Waals surface area contributed by atoms with Gasteiger partial charge in [-0.3, -0.25) is 24.5 Å². The van der Waals surface area contributed by atoms with Crippen LogP contribution in [0.1, 0.15) is 41.6 Å². The number of nitro benzene ring substituents is 1. The van der Waals surface area contributed by atoms with E-state index in [1.54, 1.807) is 24.3 Å². The molecule has 1 heterocycles. The van der Waals surface area contributed by atoms with Gasteiger partial charge in [-0.1, -0.05) is 54.8 Å². The Balaban J connectivity index is 1.78. The Bertz CT molecular complexity index is 1050. The van der Waals surface area contributed by atoms with Gasteiger partial charge in [-0.05, 0) is 30.5 Å². The molecule has 0 bridgehead atoms. The number of amides is 3. The van der Waals surface area contributed by atoms with Crippen LogP contribution in [0.2, 0.25) is 5.02 Å². The summed E-state index contributed by atoms with van der Waals surface area (Å²) in [4.78, 5) is 50.7. The molecular formula is C22H20ClN3O5. The molecule has 2 atom stereocenters. The van der Waals surface area contributed by atoms with Crippen LogP contribution < -0.4 is 0 Å². The van der Waals surface area contributed by atoms with Crippen molar-refractivity contribution in [3.8, 4) is 0 Å². The number of nitro groups is 1. The molecule has 1 saturated heterocycles. The molecule has 1 saturated carbocycles. The van der Waals surface area contributed by atoms with Crippen molar-refractivity contribution in [2.75, 3.05) is 0 Å². The molecule has 31 heavy (non-hydrogen) atoms. The van der Waals surface area contributed by atoms with Gasteiger partial charge in [0.05, 0.1) is 23.3 Å². The van der Waals surface area contributed by atoms with E-state index < -0.39 is 40.2 Å². The zero-order valence-electron chi connectivity index (χ0n) is 16.6. The number of halogens is 1. The van der Waals surface area contributed by atoms with Crippen molar-refractivity contribution >= 4 is 35.0 Å². The number of carbonyl (C=O) groups is 3. The Labute approximate surface area is 183 Å². The minimum absolute atomic E-state index is 0.165. The van der Waals surface area contributed by atoms with Crippen molar-refractivity contribution in [3.63, 3.8) is 0 Å². The molecule has 4 rings (SSSR count). The molecule has 0 spiro atoms. The molecule has 3 amide bonds. The van der Waals surface area contributed by atoms with Crippen molar-refractivity contribution in [3.05, 3.63) is 74.8 Å². The highest BCUT2D eigenvalue weighted by Crippen LogP contribution is 2.39. The minimum atomic E-state index is -0.799. The van der Waals surface area contributed by atoms with E-state index in [1.807, 2.05) is 0 Å². The smallest absolute Gasteiger partial charge is 0.272 e. The summed E-state index contributed by atoms with van der Waals surface area (Å²) in [5.41, 5.74) is -0.0743. The van der Waals surface area contributed by atoms with Crippen molar-refractivity contribution in [2.45, 2.75) is 32.2 Å². The zero-order chi connectivity index (χ0) is 22.1. The van der Waals surface area contributed by atoms with Crippen LogP contribution in [0.25, 0.3) is 0 Å². The van der Waals surface area contributed by atoms with Gasteiger partial charge in [0.25, 0.3) is 23.4 Å². The summed E-state index contributed by atoms with van der Waals surface area (Å²) in [6, 6.07) is 12.3. The lowest BCUT2D eigenvalue weighted by molar-refractivity contribution is -0.385. The molecule has 0 radical (unpaired) electrons. The van der Waals surface area contributed by atoms with Crippen molar-refractivity contribution < 1.29 is 19.3 Å². The number of hydrazine groups is 1. The monoisotopic (exact) mass is 441 g/mol. The van der Waals surface area contributed by atoms with E-state index in [0.717, 1.165) is 22.9 Å². The van der Waals surface area contributed by atoms with Gasteiger partial charge in [0.15, 0.2) is 0 Å². The standard InChI is InChI=1S/C22H20ClN3O5/c23-18-11-5-1-7-14(18)13-24(20(27)17-10-4-6-12-19(17)26(30)31)25-21(28)15-8-2-3-9-16(15)22(25)29/h1,4-7,10-12,15-16H,2-3,8-9,13H2/t15-,16+. The largest absolute Gasteiger partial charge is 0.282 e. The second kappa shape index (κ2) is 8.47. The molecule has 8 nitrogen and oxygen atoms in total. The lowest BCUT2D eigenvalue weighted by atomic mass is 9.81. The van der Waals surface area contributed by atoms with E-state index in [2.05, 4.69) is 0 Å². The van der Waals surface area contributed by atoms with E-state index in [-0.39, 0.29) is 12.1 Å². The number of nitrogens with zero attached hydrogens (tertiary/aromatic N) is 3. The molecule has 2 aromatic carbocycles. The lowest BCUT2D eigenvalue weighted by Crippen LogP contribution is -2.50. The fraction of sp³-hybridized carbons (Fsp3) is 0.318. The quantitative estimate of drug-likeness (QED) is 0.397. The summed E-state index contributed by atoms with van der Waals surface area (Å²) in [6.07, 6.45) is 2.87. The number of imide groups is 1. The van der Waals surface area contributed by atoms with E-state index in [0.29, 0.717) is 23.4 Å². The normalized spacial score (nSPS) is 20.5. The summed E-state index contributed by atoms with van der Waals surface area (Å²) in [6.45, 7) is -0.165. The first-order valence-electron chi connectivity index (χ1n) is 10.1. The van der Waals surface area contributed by atoms with Gasteiger partial charge < -0.3 is 0 Å². The van der Waals surface area contributed by atoms with Crippen LogP contribution >= 0.6 is 11.6 Å². The highest BCUT2D eigenvalue weighted by atomic mass is 35.5. The zero-order valence-corrected chi connectivity index (χ0v) is 17.3. The Morgan fingerprint density at radius 3 is 2.23 bits per heavy atom. The first-order valence-corrected chi connectivity index (χ1v) is 10.4. The second-order valence-electron chi connectivity index (χ2n) is 7.71. The number of rotatable bonds is 5. The molecule has 1 aliphatic carbocycles. The van der Waals surface area contributed by atoms with Crippen LogP contribution in [0.15, 0.2) is 48.5 Å². The fourth-order valence-corrected chi connectivity index (χ4v) is 4.55. The van der Waals surface area contributed by atoms with Crippen molar-refractivity contribution in [2.24, 2.45) is 11.8 Å². The van der Waals surface area contributed by atoms with Gasteiger partial charge in [0.1, 0.15) is 5.56 Å². The van der Waals surface area contributed by atoms with Gasteiger partial charge in [0.2, 0.25) is 0 Å². The van der Waals surface area contributed by atoms with Crippen molar-refractivity contribution in [1.29, 1.82) is 0 Å². The average molecular weight is 442 g/mol. The maximum Gasteiger partial charge on any atom is 0.282 e. The summed E-state index contributed by atoms with van der Waals surface area (Å²) in [7, 11) is 0. The molecule has 160 valence electrons. The van der Waals surface area contributed by atoms with Crippen molar-refractivity contribution in [1.82, 2.24) is 10.0 Å². The Hall–Kier alpha value is -3.26. The van der Waals surface area contributed by atoms with E-state index in [9.17, 15) is 24.5 Å². The molecule has 2 aliphatic rings. The predicted octanol–water partition coefficient (Wildman–Crippen LogP) is 3.98. The van der Waals surface area contributed by atoms with Crippen LogP contribution in [0.4, 0.5) is 5.69 Å². The highest BCUT2D eigenvalue weighted by Gasteiger charge is 2.51. The van der Waals surface area contributed by atoms with Crippen LogP contribution in [-0.2, 0) is 16.1 Å². The molecule has 0 aromatic heterocycles. The predicted molar refractivity (Wildman–Crippen MR) is 112 cm³/mol. The summed E-state index contributed by atoms with van der Waals surface area (Å²) in [5, 5.41) is 13.7. The van der Waals surface area contributed by atoms with Crippen LogP contribution in [0.3, 0.4) is 0 Å². The topological polar surface area (TPSA) is 101 Å². The molecule has 0 unspecified atom stereocenters. The number of hydrogen-bond donors (Lipinski definition) is 0. The maximum absolute atomic E-state index is 13.5. The molecule has 2 fully saturated rings. The molecule has 1 aliphatic heterocycles. The molecule has 9 heteroatoms. The summed E-state index contributed by atoms with van der Waals surface area (Å²) in [5.74, 6) is -2.60. The third-order valence-corrected chi connectivity index (χ3v) is 6.27. The lowest BCUT2D eigenvalue weighted by Gasteiger charge is -2.30. The maximum atomic E-state index is 13.5. The number of benzene rings is 2. The third-order valence-electron chi connectivity index (χ3n) is 5.90. The minimum Gasteiger partial charge on any atom is -0.272 e. The van der Waals surface area contributed by atoms with E-state index in [1.165, 1.54) is 24.3 Å². The van der Waals surface area contributed by atoms with Gasteiger partial charge >= 0.3 is 0 Å². The first-order chi connectivity index (χ1) is 14.9. The highest BCUT2D eigenvalue weighted by molar-refractivity contribution is 6.31. The number of carbonyl (C=O) groups excluding carboxylic acids is 3. The Morgan fingerprint density at radius 2 is 1.61 bits per heavy atom. The van der Waals surface area contributed by atoms with Gasteiger partial charge in [-0.2, -0.15) is 5.01 Å². The second-order valence-corrected chi connectivity index (χ2v) is 8.12. The molecule has 0 N–H and O–H groups in total. The summed E-state index contributed by atoms with van der Waals surface area (Å²) >= 11 is 6.27. The van der Waals surface area contributed by atoms with Crippen LogP contribution in [-0.4, -0.2) is 32.7 Å².